The van der Waals surface area contributed by atoms with Crippen LogP contribution in [0.2, 0.25) is 0 Å². The molecule has 4 rings (SSSR count). The number of aliphatic hydroxyl groups excluding tert-OH is 3. The van der Waals surface area contributed by atoms with Crippen LogP contribution in [0.5, 0.6) is 0 Å². The molecule has 3 fully saturated rings. The van der Waals surface area contributed by atoms with Gasteiger partial charge in [0.05, 0.1) is 43.7 Å². The number of nitrogens with one attached hydrogen (secondary N) is 1. The van der Waals surface area contributed by atoms with Gasteiger partial charge in [-0.2, -0.15) is 5.10 Å². The topological polar surface area (TPSA) is 206 Å². The summed E-state index contributed by atoms with van der Waals surface area (Å²) in [5.41, 5.74) is 5.31. The summed E-state index contributed by atoms with van der Waals surface area (Å²) in [6.07, 6.45) is 5.99. The predicted molar refractivity (Wildman–Crippen MR) is 237 cm³/mol. The molecule has 15 heteroatoms. The summed E-state index contributed by atoms with van der Waals surface area (Å²) < 4.78 is 30.1. The molecule has 0 unspecified atom stereocenters. The first-order valence-electron chi connectivity index (χ1n) is 22.3. The zero-order valence-electron chi connectivity index (χ0n) is 37.8. The highest BCUT2D eigenvalue weighted by Crippen LogP contribution is 2.39. The number of fused-ring (bicyclic) bond motifs is 3. The molecule has 0 radical (unpaired) electrons. The molecule has 3 heterocycles. The second-order valence-electron chi connectivity index (χ2n) is 18.0. The number of hydrazone groups is 1. The number of carbonyl (C=O) groups is 3. The number of ether oxygens (including phenoxy) is 5. The third-order valence-corrected chi connectivity index (χ3v) is 13.3. The lowest BCUT2D eigenvalue weighted by molar-refractivity contribution is -0.302. The predicted octanol–water partition coefficient (Wildman–Crippen LogP) is 4.64. The summed E-state index contributed by atoms with van der Waals surface area (Å²) in [6.45, 7) is 13.6. The van der Waals surface area contributed by atoms with Gasteiger partial charge in [-0.15, -0.1) is 6.58 Å². The summed E-state index contributed by atoms with van der Waals surface area (Å²) in [4.78, 5) is 44.3. The number of rotatable bonds is 10. The average molecular weight is 878 g/mol. The number of aliphatic hydroxyl groups is 4. The van der Waals surface area contributed by atoms with Crippen LogP contribution in [0, 0.1) is 29.6 Å². The van der Waals surface area contributed by atoms with Gasteiger partial charge in [0, 0.05) is 57.8 Å². The molecule has 2 saturated heterocycles. The van der Waals surface area contributed by atoms with Crippen LogP contribution in [0.25, 0.3) is 0 Å². The van der Waals surface area contributed by atoms with Crippen molar-refractivity contribution in [2.75, 3.05) is 41.0 Å². The minimum Gasteiger partial charge on any atom is -0.456 e. The van der Waals surface area contributed by atoms with E-state index < -0.39 is 77.9 Å². The van der Waals surface area contributed by atoms with Crippen LogP contribution in [-0.4, -0.2) is 144 Å². The van der Waals surface area contributed by atoms with Crippen molar-refractivity contribution in [3.8, 4) is 0 Å². The minimum atomic E-state index is -2.51. The highest BCUT2D eigenvalue weighted by molar-refractivity contribution is 6.39. The number of esters is 1. The Hall–Kier alpha value is -3.02. The van der Waals surface area contributed by atoms with E-state index in [2.05, 4.69) is 30.1 Å². The second-order valence-corrected chi connectivity index (χ2v) is 18.0. The zero-order chi connectivity index (χ0) is 45.0. The number of methoxy groups -OCH3 is 3. The number of cyclic esters (lactones) is 1. The van der Waals surface area contributed by atoms with Gasteiger partial charge in [0.25, 0.3) is 11.7 Å². The van der Waals surface area contributed by atoms with Crippen molar-refractivity contribution in [3.63, 3.8) is 0 Å². The monoisotopic (exact) mass is 878 g/mol. The zero-order valence-corrected chi connectivity index (χ0v) is 37.8. The number of ketones is 1. The van der Waals surface area contributed by atoms with Gasteiger partial charge in [-0.05, 0) is 95.5 Å². The van der Waals surface area contributed by atoms with E-state index >= 15 is 0 Å². The van der Waals surface area contributed by atoms with E-state index in [0.717, 1.165) is 5.57 Å². The number of nitrogens with zero attached hydrogens (tertiary/aromatic N) is 2. The third-order valence-electron chi connectivity index (χ3n) is 13.3. The second kappa shape index (κ2) is 24.9. The van der Waals surface area contributed by atoms with Crippen molar-refractivity contribution in [2.24, 2.45) is 34.7 Å². The van der Waals surface area contributed by atoms with Gasteiger partial charge in [-0.3, -0.25) is 9.59 Å². The Morgan fingerprint density at radius 3 is 2.31 bits per heavy atom. The SMILES string of the molecule is C.C=CC[C@@H]1/C=C(\C)C[C@H](C)C[C@H](OC)[C@H]2O[C@@](O)(C(=O)C(=O)N3CCCC[C@H]3C(=O)O[C@H](/C(C)=C/[C@@H]3CC[C@@H](O)[C@H](OC)C3)[C@H](C)[C@@H](O)C/C1=N/NCCO)[C@H](C)C[C@@H]2OC. The molecule has 14 atom stereocenters. The van der Waals surface area contributed by atoms with Crippen molar-refractivity contribution >= 4 is 23.4 Å². The molecule has 3 aliphatic heterocycles. The number of Topliss-reactive ketones (excluding diaryl/α,β-unsaturated/α-hetero) is 1. The van der Waals surface area contributed by atoms with Crippen molar-refractivity contribution in [1.29, 1.82) is 0 Å². The third kappa shape index (κ3) is 13.3. The van der Waals surface area contributed by atoms with Crippen molar-refractivity contribution < 1.29 is 58.5 Å². The summed E-state index contributed by atoms with van der Waals surface area (Å²) in [5, 5.41) is 49.0. The maximum absolute atomic E-state index is 14.5. The van der Waals surface area contributed by atoms with Crippen molar-refractivity contribution in [3.05, 3.63) is 36.0 Å². The molecule has 0 aromatic rings. The van der Waals surface area contributed by atoms with Crippen LogP contribution >= 0.6 is 0 Å². The summed E-state index contributed by atoms with van der Waals surface area (Å²) >= 11 is 0. The van der Waals surface area contributed by atoms with E-state index in [1.807, 2.05) is 26.8 Å². The minimum absolute atomic E-state index is 0. The largest absolute Gasteiger partial charge is 0.456 e. The molecule has 1 saturated carbocycles. The molecule has 354 valence electrons. The van der Waals surface area contributed by atoms with Crippen LogP contribution in [0.15, 0.2) is 41.1 Å². The van der Waals surface area contributed by atoms with Gasteiger partial charge < -0.3 is 54.4 Å². The Kier molecular flexibility index (Phi) is 21.4. The maximum atomic E-state index is 14.5. The lowest BCUT2D eigenvalue weighted by Crippen LogP contribution is -2.64. The molecular weight excluding hydrogens is 799 g/mol. The van der Waals surface area contributed by atoms with E-state index in [1.165, 1.54) is 12.0 Å². The van der Waals surface area contributed by atoms with E-state index in [9.17, 15) is 34.8 Å². The summed E-state index contributed by atoms with van der Waals surface area (Å²) in [6, 6.07) is -1.14. The molecule has 2 bridgehead atoms. The quantitative estimate of drug-likeness (QED) is 0.0668. The van der Waals surface area contributed by atoms with Crippen LogP contribution < -0.4 is 5.43 Å². The maximum Gasteiger partial charge on any atom is 0.329 e. The fourth-order valence-corrected chi connectivity index (χ4v) is 9.78. The molecule has 62 heavy (non-hydrogen) atoms. The van der Waals surface area contributed by atoms with E-state index in [1.54, 1.807) is 27.2 Å². The Labute approximate surface area is 370 Å². The molecule has 0 aromatic carbocycles. The van der Waals surface area contributed by atoms with Gasteiger partial charge >= 0.3 is 5.97 Å². The van der Waals surface area contributed by atoms with Gasteiger partial charge in [-0.1, -0.05) is 52.0 Å². The Morgan fingerprint density at radius 1 is 0.984 bits per heavy atom. The van der Waals surface area contributed by atoms with Gasteiger partial charge in [0.2, 0.25) is 5.79 Å². The fraction of sp³-hybridized carbons (Fsp3) is 0.787. The van der Waals surface area contributed by atoms with Crippen LogP contribution in [-0.2, 0) is 38.1 Å². The Balaban J connectivity index is 0.0000102. The molecule has 0 spiro atoms. The van der Waals surface area contributed by atoms with E-state index in [-0.39, 0.29) is 70.2 Å². The summed E-state index contributed by atoms with van der Waals surface area (Å²) in [7, 11) is 4.65. The first-order chi connectivity index (χ1) is 29.0. The molecule has 1 amide bonds. The van der Waals surface area contributed by atoms with Crippen molar-refractivity contribution in [1.82, 2.24) is 10.3 Å². The molecular formula is C47H79N3O12. The lowest BCUT2D eigenvalue weighted by atomic mass is 9.81. The van der Waals surface area contributed by atoms with Gasteiger partial charge in [0.1, 0.15) is 18.2 Å². The van der Waals surface area contributed by atoms with Crippen LogP contribution in [0.4, 0.5) is 0 Å². The molecule has 5 N–H and O–H groups in total. The Bertz CT molecular complexity index is 1570. The molecule has 0 aromatic heterocycles. The average Bonchev–Trinajstić information content (AvgIpc) is 3.24. The summed E-state index contributed by atoms with van der Waals surface area (Å²) in [5.74, 6) is -7.19. The Morgan fingerprint density at radius 2 is 1.66 bits per heavy atom. The van der Waals surface area contributed by atoms with E-state index in [0.29, 0.717) is 62.7 Å². The first-order valence-corrected chi connectivity index (χ1v) is 22.3. The number of piperidine rings is 1. The van der Waals surface area contributed by atoms with E-state index in [4.69, 9.17) is 23.7 Å². The smallest absolute Gasteiger partial charge is 0.329 e. The number of carbonyl (C=O) groups excluding carboxylic acids is 3. The number of allylic oxidation sites excluding steroid dienone is 4. The first kappa shape index (κ1) is 53.3. The van der Waals surface area contributed by atoms with Crippen LogP contribution in [0.1, 0.15) is 113 Å². The lowest BCUT2D eigenvalue weighted by Gasteiger charge is -2.47. The number of hydrogen-bond donors (Lipinski definition) is 5. The van der Waals surface area contributed by atoms with Gasteiger partial charge in [0.15, 0.2) is 0 Å². The highest BCUT2D eigenvalue weighted by atomic mass is 16.7. The van der Waals surface area contributed by atoms with Crippen LogP contribution in [0.3, 0.4) is 0 Å². The molecule has 1 aliphatic carbocycles. The normalized spacial score (nSPS) is 39.0. The highest BCUT2D eigenvalue weighted by Gasteiger charge is 2.56. The fourth-order valence-electron chi connectivity index (χ4n) is 9.78. The number of amides is 1. The number of hydrogen-bond acceptors (Lipinski definition) is 14. The van der Waals surface area contributed by atoms with Gasteiger partial charge in [-0.25, -0.2) is 4.79 Å². The molecule has 4 aliphatic rings. The standard InChI is InChI=1S/C46H75N3O12.CH4/c1-10-13-33-21-27(2)20-28(3)22-39(58-8)42-40(59-9)24-30(5)46(56,61-42)43(53)44(54)49-18-12-11-14-35(49)45(55)60-41(31(6)37(52)26-34(33)48-47-17-19-50)29(4)23-32-15-16-36(51)38(25-32)57-7;/h10,21,23,28,30-33,35-42,47,50-52,56H,1,11-20,22,24-26H2,2-9H3;1H4/b27-21+,29-23+,48-34-;/t28-,30+,31+,32-,33+,35-,36+,37-,38+,39-,40-,41+,42+,46+;/m0./s1. The van der Waals surface area contributed by atoms with Crippen molar-refractivity contribution in [2.45, 2.75) is 167 Å². The molecule has 15 nitrogen and oxygen atoms in total.